The SMILES string of the molecule is C#CC1CC(=O)N(c2cc(C(=O)OC)ccc2OC)C1. The maximum Gasteiger partial charge on any atom is 0.337 e. The summed E-state index contributed by atoms with van der Waals surface area (Å²) < 4.78 is 9.93. The van der Waals surface area contributed by atoms with Crippen molar-refractivity contribution in [2.45, 2.75) is 6.42 Å². The molecular formula is C15H15NO4. The van der Waals surface area contributed by atoms with Gasteiger partial charge >= 0.3 is 5.97 Å². The molecule has 5 nitrogen and oxygen atoms in total. The lowest BCUT2D eigenvalue weighted by molar-refractivity contribution is -0.117. The Balaban J connectivity index is 2.41. The Morgan fingerprint density at radius 1 is 1.45 bits per heavy atom. The molecule has 1 heterocycles. The third kappa shape index (κ3) is 2.45. The number of amides is 1. The molecule has 2 rings (SSSR count). The van der Waals surface area contributed by atoms with Gasteiger partial charge in [0.15, 0.2) is 0 Å². The molecule has 0 saturated carbocycles. The van der Waals surface area contributed by atoms with Crippen molar-refractivity contribution in [2.24, 2.45) is 5.92 Å². The first kappa shape index (κ1) is 13.9. The van der Waals surface area contributed by atoms with E-state index in [1.165, 1.54) is 14.2 Å². The summed E-state index contributed by atoms with van der Waals surface area (Å²) >= 11 is 0. The summed E-state index contributed by atoms with van der Waals surface area (Å²) in [5.74, 6) is 2.45. The van der Waals surface area contributed by atoms with E-state index in [-0.39, 0.29) is 11.8 Å². The molecular weight excluding hydrogens is 258 g/mol. The van der Waals surface area contributed by atoms with Crippen LogP contribution in [0.25, 0.3) is 0 Å². The van der Waals surface area contributed by atoms with Gasteiger partial charge in [-0.1, -0.05) is 0 Å². The molecule has 1 atom stereocenters. The molecule has 1 amide bonds. The average Bonchev–Trinajstić information content (AvgIpc) is 2.86. The molecule has 0 radical (unpaired) electrons. The summed E-state index contributed by atoms with van der Waals surface area (Å²) in [5, 5.41) is 0. The van der Waals surface area contributed by atoms with Gasteiger partial charge in [0.1, 0.15) is 5.75 Å². The maximum absolute atomic E-state index is 12.0. The molecule has 1 aliphatic rings. The van der Waals surface area contributed by atoms with E-state index in [1.807, 2.05) is 0 Å². The van der Waals surface area contributed by atoms with E-state index in [0.29, 0.717) is 30.0 Å². The summed E-state index contributed by atoms with van der Waals surface area (Å²) in [7, 11) is 2.82. The monoisotopic (exact) mass is 273 g/mol. The molecule has 0 N–H and O–H groups in total. The van der Waals surface area contributed by atoms with Crippen LogP contribution in [0.15, 0.2) is 18.2 Å². The lowest BCUT2D eigenvalue weighted by atomic mass is 10.1. The molecule has 1 aromatic rings. The van der Waals surface area contributed by atoms with Gasteiger partial charge in [0.05, 0.1) is 25.5 Å². The van der Waals surface area contributed by atoms with Crippen LogP contribution >= 0.6 is 0 Å². The zero-order valence-electron chi connectivity index (χ0n) is 11.4. The standard InChI is InChI=1S/C15H15NO4/c1-4-10-7-14(17)16(9-10)12-8-11(15(18)20-3)5-6-13(12)19-2/h1,5-6,8,10H,7,9H2,2-3H3. The van der Waals surface area contributed by atoms with Gasteiger partial charge in [-0.2, -0.15) is 0 Å². The molecule has 5 heteroatoms. The van der Waals surface area contributed by atoms with Crippen molar-refractivity contribution in [3.8, 4) is 18.1 Å². The third-order valence-electron chi connectivity index (χ3n) is 3.25. The van der Waals surface area contributed by atoms with Crippen molar-refractivity contribution in [3.63, 3.8) is 0 Å². The Hall–Kier alpha value is -2.48. The smallest absolute Gasteiger partial charge is 0.337 e. The van der Waals surface area contributed by atoms with Crippen LogP contribution in [-0.4, -0.2) is 32.6 Å². The van der Waals surface area contributed by atoms with Crippen LogP contribution in [0.5, 0.6) is 5.75 Å². The van der Waals surface area contributed by atoms with E-state index >= 15 is 0 Å². The van der Waals surface area contributed by atoms with Crippen molar-refractivity contribution in [2.75, 3.05) is 25.7 Å². The second kappa shape index (κ2) is 5.66. The zero-order valence-corrected chi connectivity index (χ0v) is 11.4. The zero-order chi connectivity index (χ0) is 14.7. The Labute approximate surface area is 117 Å². The van der Waals surface area contributed by atoms with Crippen LogP contribution in [0.4, 0.5) is 5.69 Å². The number of carbonyl (C=O) groups excluding carboxylic acids is 2. The first-order chi connectivity index (χ1) is 9.60. The minimum atomic E-state index is -0.464. The highest BCUT2D eigenvalue weighted by Gasteiger charge is 2.31. The fraction of sp³-hybridized carbons (Fsp3) is 0.333. The van der Waals surface area contributed by atoms with Gasteiger partial charge < -0.3 is 14.4 Å². The van der Waals surface area contributed by atoms with E-state index in [9.17, 15) is 9.59 Å². The van der Waals surface area contributed by atoms with Gasteiger partial charge in [0, 0.05) is 18.9 Å². The van der Waals surface area contributed by atoms with Gasteiger partial charge in [0.25, 0.3) is 0 Å². The van der Waals surface area contributed by atoms with Gasteiger partial charge in [-0.15, -0.1) is 12.3 Å². The molecule has 1 saturated heterocycles. The molecule has 104 valence electrons. The van der Waals surface area contributed by atoms with Crippen LogP contribution in [0.1, 0.15) is 16.8 Å². The number of methoxy groups -OCH3 is 2. The van der Waals surface area contributed by atoms with Crippen molar-refractivity contribution in [1.29, 1.82) is 0 Å². The Kier molecular flexibility index (Phi) is 3.94. The van der Waals surface area contributed by atoms with Crippen molar-refractivity contribution >= 4 is 17.6 Å². The van der Waals surface area contributed by atoms with E-state index < -0.39 is 5.97 Å². The lowest BCUT2D eigenvalue weighted by Crippen LogP contribution is -2.25. The van der Waals surface area contributed by atoms with Crippen molar-refractivity contribution in [1.82, 2.24) is 0 Å². The number of nitrogens with zero attached hydrogens (tertiary/aromatic N) is 1. The number of benzene rings is 1. The summed E-state index contributed by atoms with van der Waals surface area (Å²) in [5.41, 5.74) is 0.901. The van der Waals surface area contributed by atoms with E-state index in [2.05, 4.69) is 10.7 Å². The van der Waals surface area contributed by atoms with Crippen molar-refractivity contribution < 1.29 is 19.1 Å². The lowest BCUT2D eigenvalue weighted by Gasteiger charge is -2.19. The van der Waals surface area contributed by atoms with E-state index in [0.717, 1.165) is 0 Å². The van der Waals surface area contributed by atoms with Gasteiger partial charge in [-0.3, -0.25) is 4.79 Å². The highest BCUT2D eigenvalue weighted by Crippen LogP contribution is 2.33. The number of anilines is 1. The third-order valence-corrected chi connectivity index (χ3v) is 3.25. The number of hydrogen-bond acceptors (Lipinski definition) is 4. The van der Waals surface area contributed by atoms with Gasteiger partial charge in [-0.05, 0) is 18.2 Å². The Morgan fingerprint density at radius 2 is 2.20 bits per heavy atom. The van der Waals surface area contributed by atoms with Gasteiger partial charge in [0.2, 0.25) is 5.91 Å². The average molecular weight is 273 g/mol. The number of esters is 1. The van der Waals surface area contributed by atoms with Crippen LogP contribution in [0, 0.1) is 18.3 Å². The molecule has 1 aromatic carbocycles. The number of ether oxygens (including phenoxy) is 2. The maximum atomic E-state index is 12.0. The first-order valence-corrected chi connectivity index (χ1v) is 6.13. The Morgan fingerprint density at radius 3 is 2.75 bits per heavy atom. The number of terminal acetylenes is 1. The molecule has 0 aromatic heterocycles. The molecule has 1 aliphatic heterocycles. The van der Waals surface area contributed by atoms with Crippen LogP contribution in [0.2, 0.25) is 0 Å². The molecule has 20 heavy (non-hydrogen) atoms. The second-order valence-electron chi connectivity index (χ2n) is 4.45. The quantitative estimate of drug-likeness (QED) is 0.618. The molecule has 0 bridgehead atoms. The van der Waals surface area contributed by atoms with Crippen LogP contribution in [-0.2, 0) is 9.53 Å². The fourth-order valence-electron chi connectivity index (χ4n) is 2.20. The first-order valence-electron chi connectivity index (χ1n) is 6.13. The highest BCUT2D eigenvalue weighted by atomic mass is 16.5. The largest absolute Gasteiger partial charge is 0.495 e. The summed E-state index contributed by atoms with van der Waals surface area (Å²) in [6, 6.07) is 4.81. The second-order valence-corrected chi connectivity index (χ2v) is 4.45. The minimum absolute atomic E-state index is 0.0757. The fourth-order valence-corrected chi connectivity index (χ4v) is 2.20. The van der Waals surface area contributed by atoms with Crippen LogP contribution in [0.3, 0.4) is 0 Å². The predicted octanol–water partition coefficient (Wildman–Crippen LogP) is 1.47. The number of rotatable bonds is 3. The topological polar surface area (TPSA) is 55.8 Å². The molecule has 1 fully saturated rings. The normalized spacial score (nSPS) is 17.8. The molecule has 0 aliphatic carbocycles. The summed E-state index contributed by atoms with van der Waals surface area (Å²) in [4.78, 5) is 25.2. The highest BCUT2D eigenvalue weighted by molar-refractivity contribution is 5.99. The summed E-state index contributed by atoms with van der Waals surface area (Å²) in [6.07, 6.45) is 5.68. The van der Waals surface area contributed by atoms with E-state index in [1.54, 1.807) is 23.1 Å². The number of hydrogen-bond donors (Lipinski definition) is 0. The Bertz CT molecular complexity index is 588. The number of carbonyl (C=O) groups is 2. The van der Waals surface area contributed by atoms with Gasteiger partial charge in [-0.25, -0.2) is 4.79 Å². The predicted molar refractivity (Wildman–Crippen MR) is 73.6 cm³/mol. The van der Waals surface area contributed by atoms with Crippen molar-refractivity contribution in [3.05, 3.63) is 23.8 Å². The van der Waals surface area contributed by atoms with Crippen LogP contribution < -0.4 is 9.64 Å². The molecule has 0 spiro atoms. The summed E-state index contributed by atoms with van der Waals surface area (Å²) in [6.45, 7) is 0.427. The molecule has 1 unspecified atom stereocenters. The minimum Gasteiger partial charge on any atom is -0.495 e. The van der Waals surface area contributed by atoms with E-state index in [4.69, 9.17) is 11.2 Å².